The predicted octanol–water partition coefficient (Wildman–Crippen LogP) is 3.86. The summed E-state index contributed by atoms with van der Waals surface area (Å²) in [6.45, 7) is 4.08. The van der Waals surface area contributed by atoms with Gasteiger partial charge in [0.2, 0.25) is 5.91 Å². The van der Waals surface area contributed by atoms with Gasteiger partial charge in [-0.3, -0.25) is 4.79 Å². The zero-order valence-corrected chi connectivity index (χ0v) is 14.9. The van der Waals surface area contributed by atoms with Gasteiger partial charge >= 0.3 is 0 Å². The Bertz CT molecular complexity index is 812. The third kappa shape index (κ3) is 4.51. The van der Waals surface area contributed by atoms with Crippen molar-refractivity contribution in [2.75, 3.05) is 5.75 Å². The van der Waals surface area contributed by atoms with E-state index in [2.05, 4.69) is 34.6 Å². The SMILES string of the molecule is CCc1ccc(C(C)NC(=O)CSc2nnc(-c3ccco3)o2)cc1. The molecule has 1 N–H and O–H groups in total. The molecule has 130 valence electrons. The molecule has 6 nitrogen and oxygen atoms in total. The van der Waals surface area contributed by atoms with Crippen molar-refractivity contribution in [1.82, 2.24) is 15.5 Å². The summed E-state index contributed by atoms with van der Waals surface area (Å²) in [5.41, 5.74) is 2.36. The maximum Gasteiger partial charge on any atom is 0.284 e. The van der Waals surface area contributed by atoms with Gasteiger partial charge in [0.05, 0.1) is 18.1 Å². The molecule has 0 aliphatic rings. The zero-order valence-electron chi connectivity index (χ0n) is 14.1. The predicted molar refractivity (Wildman–Crippen MR) is 95.1 cm³/mol. The average molecular weight is 357 g/mol. The van der Waals surface area contributed by atoms with Crippen molar-refractivity contribution in [2.24, 2.45) is 0 Å². The third-order valence-electron chi connectivity index (χ3n) is 3.73. The van der Waals surface area contributed by atoms with E-state index in [9.17, 15) is 4.79 Å². The molecule has 1 aromatic carbocycles. The molecule has 0 fully saturated rings. The summed E-state index contributed by atoms with van der Waals surface area (Å²) < 4.78 is 10.7. The number of furan rings is 1. The molecule has 7 heteroatoms. The third-order valence-corrected chi connectivity index (χ3v) is 4.55. The second-order valence-corrected chi connectivity index (χ2v) is 6.45. The fourth-order valence-corrected chi connectivity index (χ4v) is 2.88. The monoisotopic (exact) mass is 357 g/mol. The first-order valence-electron chi connectivity index (χ1n) is 8.04. The van der Waals surface area contributed by atoms with E-state index < -0.39 is 0 Å². The highest BCUT2D eigenvalue weighted by Crippen LogP contribution is 2.23. The largest absolute Gasteiger partial charge is 0.459 e. The second kappa shape index (κ2) is 8.02. The number of hydrogen-bond donors (Lipinski definition) is 1. The molecule has 0 saturated carbocycles. The number of nitrogens with one attached hydrogen (secondary N) is 1. The number of benzene rings is 1. The lowest BCUT2D eigenvalue weighted by Gasteiger charge is -2.14. The lowest BCUT2D eigenvalue weighted by Crippen LogP contribution is -2.28. The quantitative estimate of drug-likeness (QED) is 0.647. The molecule has 1 amide bonds. The maximum absolute atomic E-state index is 12.1. The molecule has 2 heterocycles. The Hall–Kier alpha value is -2.54. The van der Waals surface area contributed by atoms with E-state index in [-0.39, 0.29) is 17.7 Å². The number of aromatic nitrogens is 2. The Balaban J connectivity index is 1.50. The van der Waals surface area contributed by atoms with Gasteiger partial charge in [0.25, 0.3) is 11.1 Å². The van der Waals surface area contributed by atoms with Crippen LogP contribution in [0.3, 0.4) is 0 Å². The van der Waals surface area contributed by atoms with E-state index in [0.717, 1.165) is 12.0 Å². The molecule has 1 unspecified atom stereocenters. The molecule has 3 aromatic rings. The molecule has 0 radical (unpaired) electrons. The van der Waals surface area contributed by atoms with Crippen LogP contribution >= 0.6 is 11.8 Å². The van der Waals surface area contributed by atoms with Crippen LogP contribution in [0.25, 0.3) is 11.7 Å². The Kier molecular flexibility index (Phi) is 5.55. The van der Waals surface area contributed by atoms with Gasteiger partial charge in [0, 0.05) is 0 Å². The second-order valence-electron chi connectivity index (χ2n) is 5.52. The van der Waals surface area contributed by atoms with Crippen LogP contribution in [0.1, 0.15) is 31.0 Å². The number of carbonyl (C=O) groups excluding carboxylic acids is 1. The summed E-state index contributed by atoms with van der Waals surface area (Å²) >= 11 is 1.20. The summed E-state index contributed by atoms with van der Waals surface area (Å²) in [6, 6.07) is 11.7. The van der Waals surface area contributed by atoms with Crippen LogP contribution in [-0.4, -0.2) is 21.9 Å². The first kappa shape index (κ1) is 17.3. The lowest BCUT2D eigenvalue weighted by atomic mass is 10.1. The van der Waals surface area contributed by atoms with E-state index in [0.29, 0.717) is 16.9 Å². The van der Waals surface area contributed by atoms with Crippen LogP contribution in [0.5, 0.6) is 0 Å². The van der Waals surface area contributed by atoms with Crippen LogP contribution < -0.4 is 5.32 Å². The average Bonchev–Trinajstić information content (AvgIpc) is 3.31. The summed E-state index contributed by atoms with van der Waals surface area (Å²) in [7, 11) is 0. The molecule has 1 atom stereocenters. The molecule has 0 bridgehead atoms. The summed E-state index contributed by atoms with van der Waals surface area (Å²) in [4.78, 5) is 12.1. The van der Waals surface area contributed by atoms with Gasteiger partial charge in [-0.25, -0.2) is 0 Å². The molecule has 0 aliphatic heterocycles. The standard InChI is InChI=1S/C18H19N3O3S/c1-3-13-6-8-14(9-7-13)12(2)19-16(22)11-25-18-21-20-17(24-18)15-5-4-10-23-15/h4-10,12H,3,11H2,1-2H3,(H,19,22). The van der Waals surface area contributed by atoms with Crippen molar-refractivity contribution in [3.8, 4) is 11.7 Å². The van der Waals surface area contributed by atoms with Gasteiger partial charge in [-0.05, 0) is 36.6 Å². The van der Waals surface area contributed by atoms with Gasteiger partial charge in [-0.15, -0.1) is 10.2 Å². The van der Waals surface area contributed by atoms with Crippen LogP contribution in [0.15, 0.2) is 56.7 Å². The molecule has 25 heavy (non-hydrogen) atoms. The normalized spacial score (nSPS) is 12.1. The highest BCUT2D eigenvalue weighted by Gasteiger charge is 2.14. The van der Waals surface area contributed by atoms with Crippen molar-refractivity contribution in [2.45, 2.75) is 31.5 Å². The summed E-state index contributed by atoms with van der Waals surface area (Å²) in [6.07, 6.45) is 2.54. The first-order valence-corrected chi connectivity index (χ1v) is 9.02. The van der Waals surface area contributed by atoms with E-state index in [1.807, 2.05) is 19.1 Å². The van der Waals surface area contributed by atoms with Gasteiger partial charge in [-0.1, -0.05) is 43.0 Å². The minimum absolute atomic E-state index is 0.0552. The molecular weight excluding hydrogens is 338 g/mol. The fourth-order valence-electron chi connectivity index (χ4n) is 2.30. The van der Waals surface area contributed by atoms with Gasteiger partial charge in [0.1, 0.15) is 0 Å². The molecular formula is C18H19N3O3S. The molecule has 0 spiro atoms. The van der Waals surface area contributed by atoms with Gasteiger partial charge in [-0.2, -0.15) is 0 Å². The Labute approximate surface area is 150 Å². The fraction of sp³-hybridized carbons (Fsp3) is 0.278. The van der Waals surface area contributed by atoms with Crippen molar-refractivity contribution in [1.29, 1.82) is 0 Å². The highest BCUT2D eigenvalue weighted by molar-refractivity contribution is 7.99. The number of hydrogen-bond acceptors (Lipinski definition) is 6. The van der Waals surface area contributed by atoms with Crippen LogP contribution in [0.4, 0.5) is 0 Å². The van der Waals surface area contributed by atoms with Crippen molar-refractivity contribution in [3.63, 3.8) is 0 Å². The lowest BCUT2D eigenvalue weighted by molar-refractivity contribution is -0.119. The van der Waals surface area contributed by atoms with Crippen LogP contribution in [0.2, 0.25) is 0 Å². The number of carbonyl (C=O) groups is 1. The molecule has 2 aromatic heterocycles. The topological polar surface area (TPSA) is 81.2 Å². The first-order chi connectivity index (χ1) is 12.2. The molecule has 3 rings (SSSR count). The van der Waals surface area contributed by atoms with Crippen LogP contribution in [-0.2, 0) is 11.2 Å². The number of nitrogens with zero attached hydrogens (tertiary/aromatic N) is 2. The minimum atomic E-state index is -0.0881. The van der Waals surface area contributed by atoms with Gasteiger partial charge in [0.15, 0.2) is 5.76 Å². The zero-order chi connectivity index (χ0) is 17.6. The number of aryl methyl sites for hydroxylation is 1. The summed E-state index contributed by atoms with van der Waals surface area (Å²) in [5.74, 6) is 0.928. The van der Waals surface area contributed by atoms with E-state index >= 15 is 0 Å². The smallest absolute Gasteiger partial charge is 0.284 e. The van der Waals surface area contributed by atoms with Crippen molar-refractivity contribution in [3.05, 3.63) is 53.8 Å². The van der Waals surface area contributed by atoms with Crippen molar-refractivity contribution >= 4 is 17.7 Å². The summed E-state index contributed by atoms with van der Waals surface area (Å²) in [5, 5.41) is 11.1. The molecule has 0 aliphatic carbocycles. The minimum Gasteiger partial charge on any atom is -0.459 e. The van der Waals surface area contributed by atoms with E-state index in [1.165, 1.54) is 23.6 Å². The van der Waals surface area contributed by atoms with Crippen LogP contribution in [0, 0.1) is 0 Å². The highest BCUT2D eigenvalue weighted by atomic mass is 32.2. The van der Waals surface area contributed by atoms with E-state index in [4.69, 9.17) is 8.83 Å². The Morgan fingerprint density at radius 2 is 2.04 bits per heavy atom. The number of amides is 1. The van der Waals surface area contributed by atoms with Gasteiger partial charge < -0.3 is 14.2 Å². The maximum atomic E-state index is 12.1. The van der Waals surface area contributed by atoms with Crippen molar-refractivity contribution < 1.29 is 13.6 Å². The Morgan fingerprint density at radius 3 is 2.72 bits per heavy atom. The van der Waals surface area contributed by atoms with E-state index in [1.54, 1.807) is 12.1 Å². The Morgan fingerprint density at radius 1 is 1.24 bits per heavy atom. The number of thioether (sulfide) groups is 1. The number of rotatable bonds is 7. The molecule has 0 saturated heterocycles.